The molecule has 3 heterocycles. The number of hydrogen-bond donors (Lipinski definition) is 0. The second kappa shape index (κ2) is 9.29. The molecule has 1 aromatic rings. The van der Waals surface area contributed by atoms with E-state index < -0.39 is 54.6 Å². The maximum absolute atomic E-state index is 11.8. The van der Waals surface area contributed by atoms with Gasteiger partial charge in [-0.25, -0.2) is 9.48 Å². The van der Waals surface area contributed by atoms with Crippen LogP contribution in [0.15, 0.2) is 6.20 Å². The van der Waals surface area contributed by atoms with Crippen molar-refractivity contribution < 1.29 is 42.9 Å². The SMILES string of the molecule is CC(=O)O[C@@H]1[C@H](OC(C)=O)[C@H](C)O[C@H](n2cc(CN3CCOC3=O)nn2)[C@H]1OC(C)=O. The van der Waals surface area contributed by atoms with E-state index in [1.165, 1.54) is 36.5 Å². The molecule has 0 radical (unpaired) electrons. The van der Waals surface area contributed by atoms with Gasteiger partial charge in [-0.3, -0.25) is 19.3 Å². The van der Waals surface area contributed by atoms with E-state index in [1.54, 1.807) is 6.92 Å². The molecule has 2 saturated heterocycles. The van der Waals surface area contributed by atoms with E-state index in [-0.39, 0.29) is 6.54 Å². The van der Waals surface area contributed by atoms with Gasteiger partial charge in [-0.2, -0.15) is 0 Å². The fraction of sp³-hybridized carbons (Fsp3) is 0.667. The van der Waals surface area contributed by atoms with Crippen molar-refractivity contribution in [1.82, 2.24) is 19.9 Å². The normalized spacial score (nSPS) is 28.1. The molecule has 0 N–H and O–H groups in total. The summed E-state index contributed by atoms with van der Waals surface area (Å²) in [5.41, 5.74) is 0.447. The maximum atomic E-state index is 11.8. The largest absolute Gasteiger partial charge is 0.456 e. The highest BCUT2D eigenvalue weighted by Gasteiger charge is 2.51. The predicted octanol–water partition coefficient (Wildman–Crippen LogP) is -0.0573. The average molecular weight is 440 g/mol. The fourth-order valence-corrected chi connectivity index (χ4v) is 3.48. The molecule has 5 atom stereocenters. The number of rotatable bonds is 6. The van der Waals surface area contributed by atoms with Crippen molar-refractivity contribution in [1.29, 1.82) is 0 Å². The molecule has 13 nitrogen and oxygen atoms in total. The summed E-state index contributed by atoms with van der Waals surface area (Å²) in [5, 5.41) is 8.05. The van der Waals surface area contributed by atoms with Crippen LogP contribution in [0.4, 0.5) is 4.79 Å². The van der Waals surface area contributed by atoms with Crippen molar-refractivity contribution in [2.24, 2.45) is 0 Å². The van der Waals surface area contributed by atoms with Crippen LogP contribution in [0.3, 0.4) is 0 Å². The van der Waals surface area contributed by atoms with Gasteiger partial charge in [-0.1, -0.05) is 5.21 Å². The van der Waals surface area contributed by atoms with E-state index in [4.69, 9.17) is 23.7 Å². The molecule has 2 aliphatic heterocycles. The molecular formula is C18H24N4O9. The molecule has 1 amide bonds. The Bertz CT molecular complexity index is 857. The molecule has 3 rings (SSSR count). The van der Waals surface area contributed by atoms with Crippen molar-refractivity contribution in [3.63, 3.8) is 0 Å². The quantitative estimate of drug-likeness (QED) is 0.433. The van der Waals surface area contributed by atoms with Gasteiger partial charge < -0.3 is 23.7 Å². The lowest BCUT2D eigenvalue weighted by Gasteiger charge is -2.43. The minimum absolute atomic E-state index is 0.169. The predicted molar refractivity (Wildman–Crippen MR) is 98.0 cm³/mol. The number of nitrogens with zero attached hydrogens (tertiary/aromatic N) is 4. The Labute approximate surface area is 177 Å². The van der Waals surface area contributed by atoms with Crippen LogP contribution in [0.1, 0.15) is 39.6 Å². The van der Waals surface area contributed by atoms with Crippen LogP contribution in [-0.4, -0.2) is 81.5 Å². The third-order valence-corrected chi connectivity index (χ3v) is 4.67. The number of esters is 3. The standard InChI is InChI=1S/C18H24N4O9/c1-9-14(29-10(2)23)15(30-11(3)24)16(31-12(4)25)17(28-9)22-8-13(19-20-22)7-21-5-6-27-18(21)26/h8-9,14-17H,5-7H2,1-4H3/t9-,14+,15+,16-,17-/m0/s1. The summed E-state index contributed by atoms with van der Waals surface area (Å²) in [5.74, 6) is -1.93. The van der Waals surface area contributed by atoms with Crippen molar-refractivity contribution in [2.45, 2.75) is 64.9 Å². The molecule has 0 aromatic carbocycles. The Morgan fingerprint density at radius 2 is 1.68 bits per heavy atom. The lowest BCUT2D eigenvalue weighted by Crippen LogP contribution is -2.58. The van der Waals surface area contributed by atoms with Gasteiger partial charge in [0.1, 0.15) is 12.3 Å². The summed E-state index contributed by atoms with van der Waals surface area (Å²) in [7, 11) is 0. The third kappa shape index (κ3) is 5.29. The molecule has 1 aromatic heterocycles. The van der Waals surface area contributed by atoms with Crippen molar-refractivity contribution in [3.05, 3.63) is 11.9 Å². The van der Waals surface area contributed by atoms with Crippen molar-refractivity contribution in [2.75, 3.05) is 13.2 Å². The number of cyclic esters (lactones) is 1. The first-order valence-corrected chi connectivity index (χ1v) is 9.65. The van der Waals surface area contributed by atoms with Gasteiger partial charge in [-0.05, 0) is 6.92 Å². The number of aromatic nitrogens is 3. The van der Waals surface area contributed by atoms with E-state index in [0.29, 0.717) is 18.8 Å². The molecule has 170 valence electrons. The zero-order chi connectivity index (χ0) is 22.7. The van der Waals surface area contributed by atoms with Gasteiger partial charge >= 0.3 is 24.0 Å². The van der Waals surface area contributed by atoms with Crippen LogP contribution < -0.4 is 0 Å². The van der Waals surface area contributed by atoms with Gasteiger partial charge in [0, 0.05) is 20.8 Å². The number of carbonyl (C=O) groups excluding carboxylic acids is 4. The first-order valence-electron chi connectivity index (χ1n) is 9.65. The Balaban J connectivity index is 1.88. The number of ether oxygens (including phenoxy) is 5. The average Bonchev–Trinajstić information content (AvgIpc) is 3.29. The minimum atomic E-state index is -1.17. The van der Waals surface area contributed by atoms with E-state index in [9.17, 15) is 19.2 Å². The topological polar surface area (TPSA) is 148 Å². The summed E-state index contributed by atoms with van der Waals surface area (Å²) < 4.78 is 28.2. The minimum Gasteiger partial charge on any atom is -0.456 e. The van der Waals surface area contributed by atoms with Crippen LogP contribution in [0.2, 0.25) is 0 Å². The Hall–Kier alpha value is -3.22. The second-order valence-corrected chi connectivity index (χ2v) is 7.18. The van der Waals surface area contributed by atoms with Crippen LogP contribution >= 0.6 is 0 Å². The van der Waals surface area contributed by atoms with Crippen LogP contribution in [-0.2, 0) is 44.6 Å². The molecule has 0 saturated carbocycles. The number of carbonyl (C=O) groups is 4. The molecule has 2 fully saturated rings. The summed E-state index contributed by atoms with van der Waals surface area (Å²) in [6.45, 7) is 6.10. The summed E-state index contributed by atoms with van der Waals surface area (Å²) in [6.07, 6.45) is -4.00. The lowest BCUT2D eigenvalue weighted by atomic mass is 9.98. The second-order valence-electron chi connectivity index (χ2n) is 7.18. The highest BCUT2D eigenvalue weighted by molar-refractivity contribution is 5.69. The van der Waals surface area contributed by atoms with Crippen molar-refractivity contribution >= 4 is 24.0 Å². The molecule has 0 aliphatic carbocycles. The lowest BCUT2D eigenvalue weighted by molar-refractivity contribution is -0.261. The maximum Gasteiger partial charge on any atom is 0.410 e. The van der Waals surface area contributed by atoms with Gasteiger partial charge in [-0.15, -0.1) is 5.10 Å². The van der Waals surface area contributed by atoms with Gasteiger partial charge in [0.05, 0.1) is 25.4 Å². The number of hydrogen-bond acceptors (Lipinski definition) is 11. The summed E-state index contributed by atoms with van der Waals surface area (Å²) in [6, 6.07) is 0. The van der Waals surface area contributed by atoms with Gasteiger partial charge in [0.25, 0.3) is 0 Å². The fourth-order valence-electron chi connectivity index (χ4n) is 3.48. The van der Waals surface area contributed by atoms with E-state index in [2.05, 4.69) is 10.3 Å². The smallest absolute Gasteiger partial charge is 0.410 e. The van der Waals surface area contributed by atoms with Crippen LogP contribution in [0, 0.1) is 0 Å². The molecule has 13 heteroatoms. The molecular weight excluding hydrogens is 416 g/mol. The number of amides is 1. The third-order valence-electron chi connectivity index (χ3n) is 4.67. The highest BCUT2D eigenvalue weighted by atomic mass is 16.7. The monoisotopic (exact) mass is 440 g/mol. The molecule has 0 bridgehead atoms. The van der Waals surface area contributed by atoms with Crippen LogP contribution in [0.5, 0.6) is 0 Å². The Kier molecular flexibility index (Phi) is 6.73. The molecule has 0 unspecified atom stereocenters. The first-order chi connectivity index (χ1) is 14.7. The van der Waals surface area contributed by atoms with E-state index >= 15 is 0 Å². The van der Waals surface area contributed by atoms with Gasteiger partial charge in [0.15, 0.2) is 24.5 Å². The molecule has 2 aliphatic rings. The summed E-state index contributed by atoms with van der Waals surface area (Å²) in [4.78, 5) is 48.2. The summed E-state index contributed by atoms with van der Waals surface area (Å²) >= 11 is 0. The Morgan fingerprint density at radius 3 is 2.26 bits per heavy atom. The van der Waals surface area contributed by atoms with E-state index in [0.717, 1.165) is 0 Å². The zero-order valence-corrected chi connectivity index (χ0v) is 17.5. The van der Waals surface area contributed by atoms with E-state index in [1.807, 2.05) is 0 Å². The highest BCUT2D eigenvalue weighted by Crippen LogP contribution is 2.34. The molecule has 0 spiro atoms. The van der Waals surface area contributed by atoms with Crippen molar-refractivity contribution in [3.8, 4) is 0 Å². The zero-order valence-electron chi connectivity index (χ0n) is 17.5. The Morgan fingerprint density at radius 1 is 1.06 bits per heavy atom. The van der Waals surface area contributed by atoms with Gasteiger partial charge in [0.2, 0.25) is 0 Å². The van der Waals surface area contributed by atoms with Crippen LogP contribution in [0.25, 0.3) is 0 Å². The molecule has 31 heavy (non-hydrogen) atoms. The first kappa shape index (κ1) is 22.5.